The Hall–Kier alpha value is -1.81. The summed E-state index contributed by atoms with van der Waals surface area (Å²) in [5, 5.41) is 9.83. The first kappa shape index (κ1) is 9.73. The van der Waals surface area contributed by atoms with Crippen molar-refractivity contribution in [3.05, 3.63) is 30.5 Å². The van der Waals surface area contributed by atoms with Crippen molar-refractivity contribution in [2.45, 2.75) is 13.0 Å². The molecule has 78 valence electrons. The normalized spacial score (nSPS) is 12.7. The van der Waals surface area contributed by atoms with Crippen LogP contribution in [0.4, 0.5) is 0 Å². The zero-order valence-corrected chi connectivity index (χ0v) is 8.23. The molecule has 0 saturated carbocycles. The lowest BCUT2D eigenvalue weighted by atomic mass is 10.2. The Balaban J connectivity index is 2.33. The maximum atomic E-state index is 11.2. The van der Waals surface area contributed by atoms with E-state index in [0.29, 0.717) is 5.75 Å². The van der Waals surface area contributed by atoms with E-state index in [9.17, 15) is 4.79 Å². The topological polar surface area (TPSA) is 62.3 Å². The highest BCUT2D eigenvalue weighted by Crippen LogP contribution is 2.24. The number of benzene rings is 1. The predicted octanol–water partition coefficient (Wildman–Crippen LogP) is 1.45. The maximum absolute atomic E-state index is 11.2. The lowest BCUT2D eigenvalue weighted by Gasteiger charge is -2.03. The first-order valence-corrected chi connectivity index (χ1v) is 4.64. The number of esters is 1. The Kier molecular flexibility index (Phi) is 2.43. The number of para-hydroxylation sites is 1. The van der Waals surface area contributed by atoms with Gasteiger partial charge in [-0.05, 0) is 19.1 Å². The number of H-pyrrole nitrogens is 1. The van der Waals surface area contributed by atoms with Gasteiger partial charge in [0.25, 0.3) is 0 Å². The summed E-state index contributed by atoms with van der Waals surface area (Å²) < 4.78 is 5.01. The minimum atomic E-state index is -1.11. The molecule has 2 aromatic rings. The van der Waals surface area contributed by atoms with E-state index in [1.54, 1.807) is 6.20 Å². The molecule has 1 aromatic carbocycles. The summed E-state index contributed by atoms with van der Waals surface area (Å²) in [6.07, 6.45) is 0.490. The second kappa shape index (κ2) is 3.74. The molecule has 2 N–H and O–H groups in total. The van der Waals surface area contributed by atoms with Gasteiger partial charge in [-0.2, -0.15) is 0 Å². The summed E-state index contributed by atoms with van der Waals surface area (Å²) in [7, 11) is 0. The number of aromatic nitrogens is 1. The minimum absolute atomic E-state index is 0.441. The van der Waals surface area contributed by atoms with Crippen LogP contribution in [0.5, 0.6) is 5.75 Å². The number of aliphatic hydroxyl groups excluding tert-OH is 1. The number of hydrogen-bond donors (Lipinski definition) is 2. The third-order valence-corrected chi connectivity index (χ3v) is 2.10. The van der Waals surface area contributed by atoms with E-state index in [2.05, 4.69) is 4.98 Å². The van der Waals surface area contributed by atoms with Crippen molar-refractivity contribution < 1.29 is 14.6 Å². The molecule has 4 heteroatoms. The van der Waals surface area contributed by atoms with Crippen LogP contribution in [0.1, 0.15) is 6.92 Å². The Morgan fingerprint density at radius 1 is 1.47 bits per heavy atom. The van der Waals surface area contributed by atoms with Gasteiger partial charge in [-0.25, -0.2) is 4.79 Å². The Bertz CT molecular complexity index is 487. The van der Waals surface area contributed by atoms with Gasteiger partial charge in [-0.1, -0.05) is 12.1 Å². The highest BCUT2D eigenvalue weighted by Gasteiger charge is 2.13. The number of aromatic amines is 1. The van der Waals surface area contributed by atoms with Crippen LogP contribution in [0.3, 0.4) is 0 Å². The van der Waals surface area contributed by atoms with Crippen LogP contribution >= 0.6 is 0 Å². The van der Waals surface area contributed by atoms with Crippen molar-refractivity contribution in [1.82, 2.24) is 4.98 Å². The molecule has 0 aliphatic carbocycles. The van der Waals surface area contributed by atoms with Crippen molar-refractivity contribution in [2.24, 2.45) is 0 Å². The summed E-state index contributed by atoms with van der Waals surface area (Å²) in [5.74, 6) is -0.212. The molecule has 0 aliphatic rings. The summed E-state index contributed by atoms with van der Waals surface area (Å²) in [5.41, 5.74) is 0.894. The largest absolute Gasteiger partial charge is 0.422 e. The Labute approximate surface area is 86.5 Å². The number of aliphatic hydroxyl groups is 1. The number of hydrogen-bond acceptors (Lipinski definition) is 3. The second-order valence-electron chi connectivity index (χ2n) is 3.30. The molecule has 1 heterocycles. The standard InChI is InChI=1S/C11H11NO3/c1-7(13)11(14)15-10-6-12-9-5-3-2-4-8(9)10/h2-7,12-13H,1H3/t7-/m0/s1. The van der Waals surface area contributed by atoms with Crippen molar-refractivity contribution in [1.29, 1.82) is 0 Å². The van der Waals surface area contributed by atoms with Gasteiger partial charge in [0.2, 0.25) is 0 Å². The van der Waals surface area contributed by atoms with Crippen molar-refractivity contribution in [3.8, 4) is 5.75 Å². The molecule has 0 spiro atoms. The Morgan fingerprint density at radius 2 is 2.20 bits per heavy atom. The number of ether oxygens (including phenoxy) is 1. The number of nitrogens with one attached hydrogen (secondary N) is 1. The van der Waals surface area contributed by atoms with Gasteiger partial charge in [0.15, 0.2) is 5.75 Å². The van der Waals surface area contributed by atoms with Gasteiger partial charge in [0, 0.05) is 17.1 Å². The van der Waals surface area contributed by atoms with Crippen LogP contribution in [0.2, 0.25) is 0 Å². The minimum Gasteiger partial charge on any atom is -0.422 e. The Morgan fingerprint density at radius 3 is 2.93 bits per heavy atom. The zero-order valence-electron chi connectivity index (χ0n) is 8.23. The van der Waals surface area contributed by atoms with E-state index >= 15 is 0 Å². The van der Waals surface area contributed by atoms with Crippen molar-refractivity contribution in [3.63, 3.8) is 0 Å². The third-order valence-electron chi connectivity index (χ3n) is 2.10. The van der Waals surface area contributed by atoms with Gasteiger partial charge in [-0.15, -0.1) is 0 Å². The van der Waals surface area contributed by atoms with Crippen LogP contribution in [-0.2, 0) is 4.79 Å². The van der Waals surface area contributed by atoms with Crippen LogP contribution in [0.25, 0.3) is 10.9 Å². The lowest BCUT2D eigenvalue weighted by Crippen LogP contribution is -2.21. The van der Waals surface area contributed by atoms with Crippen LogP contribution in [0, 0.1) is 0 Å². The SMILES string of the molecule is C[C@H](O)C(=O)Oc1c[nH]c2ccccc12. The average molecular weight is 205 g/mol. The molecule has 2 rings (SSSR count). The van der Waals surface area contributed by atoms with Gasteiger partial charge in [0.1, 0.15) is 6.10 Å². The smallest absolute Gasteiger partial charge is 0.340 e. The molecule has 0 bridgehead atoms. The molecule has 0 radical (unpaired) electrons. The highest BCUT2D eigenvalue weighted by molar-refractivity contribution is 5.89. The van der Waals surface area contributed by atoms with Gasteiger partial charge in [-0.3, -0.25) is 0 Å². The molecular weight excluding hydrogens is 194 g/mol. The van der Waals surface area contributed by atoms with E-state index in [1.807, 2.05) is 24.3 Å². The summed E-state index contributed by atoms with van der Waals surface area (Å²) >= 11 is 0. The maximum Gasteiger partial charge on any atom is 0.340 e. The second-order valence-corrected chi connectivity index (χ2v) is 3.30. The van der Waals surface area contributed by atoms with Gasteiger partial charge in [0.05, 0.1) is 0 Å². The van der Waals surface area contributed by atoms with E-state index in [4.69, 9.17) is 9.84 Å². The molecule has 1 aromatic heterocycles. The van der Waals surface area contributed by atoms with Gasteiger partial charge >= 0.3 is 5.97 Å². The third kappa shape index (κ3) is 1.85. The number of fused-ring (bicyclic) bond motifs is 1. The average Bonchev–Trinajstić information content (AvgIpc) is 2.62. The fourth-order valence-electron chi connectivity index (χ4n) is 1.32. The molecule has 0 saturated heterocycles. The fourth-order valence-corrected chi connectivity index (χ4v) is 1.32. The molecule has 15 heavy (non-hydrogen) atoms. The monoisotopic (exact) mass is 205 g/mol. The number of carbonyl (C=O) groups is 1. The highest BCUT2D eigenvalue weighted by atomic mass is 16.5. The summed E-state index contributed by atoms with van der Waals surface area (Å²) in [6, 6.07) is 7.47. The fraction of sp³-hybridized carbons (Fsp3) is 0.182. The molecule has 0 unspecified atom stereocenters. The lowest BCUT2D eigenvalue weighted by molar-refractivity contribution is -0.142. The molecule has 0 aliphatic heterocycles. The zero-order chi connectivity index (χ0) is 10.8. The summed E-state index contributed by atoms with van der Waals surface area (Å²) in [6.45, 7) is 1.37. The van der Waals surface area contributed by atoms with E-state index < -0.39 is 12.1 Å². The van der Waals surface area contributed by atoms with Crippen molar-refractivity contribution in [2.75, 3.05) is 0 Å². The first-order chi connectivity index (χ1) is 7.18. The predicted molar refractivity (Wildman–Crippen MR) is 55.6 cm³/mol. The molecule has 0 fully saturated rings. The molecular formula is C11H11NO3. The molecule has 1 atom stereocenters. The summed E-state index contributed by atoms with van der Waals surface area (Å²) in [4.78, 5) is 14.1. The molecule has 4 nitrogen and oxygen atoms in total. The van der Waals surface area contributed by atoms with Gasteiger partial charge < -0.3 is 14.8 Å². The number of rotatable bonds is 2. The van der Waals surface area contributed by atoms with E-state index in [1.165, 1.54) is 6.92 Å². The van der Waals surface area contributed by atoms with Crippen LogP contribution < -0.4 is 4.74 Å². The van der Waals surface area contributed by atoms with Crippen molar-refractivity contribution >= 4 is 16.9 Å². The van der Waals surface area contributed by atoms with Crippen LogP contribution in [-0.4, -0.2) is 22.2 Å². The quantitative estimate of drug-likeness (QED) is 0.729. The number of carbonyl (C=O) groups excluding carboxylic acids is 1. The van der Waals surface area contributed by atoms with Crippen LogP contribution in [0.15, 0.2) is 30.5 Å². The first-order valence-electron chi connectivity index (χ1n) is 4.64. The van der Waals surface area contributed by atoms with E-state index in [0.717, 1.165) is 10.9 Å². The van der Waals surface area contributed by atoms with E-state index in [-0.39, 0.29) is 0 Å². The molecule has 0 amide bonds.